The Balaban J connectivity index is 1.94. The van der Waals surface area contributed by atoms with Crippen LogP contribution in [0.1, 0.15) is 33.1 Å². The minimum Gasteiger partial charge on any atom is -0.384 e. The topological polar surface area (TPSA) is 42.0 Å². The number of ether oxygens (including phenoxy) is 2. The van der Waals surface area contributed by atoms with Crippen molar-refractivity contribution in [1.29, 1.82) is 0 Å². The van der Waals surface area contributed by atoms with E-state index >= 15 is 0 Å². The summed E-state index contributed by atoms with van der Waals surface area (Å²) in [5.41, 5.74) is 0.318. The maximum Gasteiger partial charge on any atom is 0.222 e. The maximum atomic E-state index is 12.3. The lowest BCUT2D eigenvalue weighted by atomic mass is 9.71. The second-order valence-electron chi connectivity index (χ2n) is 7.72. The Kier molecular flexibility index (Phi) is 6.86. The third-order valence-electron chi connectivity index (χ3n) is 5.56. The second-order valence-corrected chi connectivity index (χ2v) is 7.72. The molecule has 0 bridgehead atoms. The molecule has 1 unspecified atom stereocenters. The van der Waals surface area contributed by atoms with Crippen LogP contribution in [0.3, 0.4) is 0 Å². The number of rotatable bonds is 7. The van der Waals surface area contributed by atoms with Crippen molar-refractivity contribution < 1.29 is 14.3 Å². The van der Waals surface area contributed by atoms with Gasteiger partial charge in [0.25, 0.3) is 0 Å². The van der Waals surface area contributed by atoms with E-state index in [4.69, 9.17) is 9.47 Å². The van der Waals surface area contributed by atoms with Gasteiger partial charge in [-0.05, 0) is 24.2 Å². The standard InChI is InChI=1S/C18H34N2O3/c1-15(2)11-17(21)20-7-5-18(6-8-20)14-19(9-10-22-3)12-16(18)13-23-4/h15-16H,5-14H2,1-4H3. The number of carbonyl (C=O) groups excluding carboxylic acids is 1. The maximum absolute atomic E-state index is 12.3. The van der Waals surface area contributed by atoms with Crippen molar-refractivity contribution in [1.82, 2.24) is 9.80 Å². The van der Waals surface area contributed by atoms with Gasteiger partial charge in [-0.25, -0.2) is 0 Å². The molecular weight excluding hydrogens is 292 g/mol. The Morgan fingerprint density at radius 2 is 1.91 bits per heavy atom. The molecule has 2 aliphatic rings. The molecule has 23 heavy (non-hydrogen) atoms. The van der Waals surface area contributed by atoms with Gasteiger partial charge in [0.15, 0.2) is 0 Å². The van der Waals surface area contributed by atoms with Gasteiger partial charge in [-0.1, -0.05) is 13.8 Å². The Labute approximate surface area is 141 Å². The summed E-state index contributed by atoms with van der Waals surface area (Å²) < 4.78 is 10.7. The molecule has 0 aromatic rings. The lowest BCUT2D eigenvalue weighted by Gasteiger charge is -2.42. The zero-order valence-electron chi connectivity index (χ0n) is 15.3. The van der Waals surface area contributed by atoms with Crippen LogP contribution in [0.5, 0.6) is 0 Å². The van der Waals surface area contributed by atoms with Gasteiger partial charge in [0.05, 0.1) is 13.2 Å². The van der Waals surface area contributed by atoms with Crippen LogP contribution < -0.4 is 0 Å². The summed E-state index contributed by atoms with van der Waals surface area (Å²) in [6, 6.07) is 0. The third-order valence-corrected chi connectivity index (χ3v) is 5.56. The highest BCUT2D eigenvalue weighted by Gasteiger charge is 2.48. The first-order chi connectivity index (χ1) is 11.0. The molecule has 0 N–H and O–H groups in total. The van der Waals surface area contributed by atoms with Crippen molar-refractivity contribution in [3.05, 3.63) is 0 Å². The molecule has 0 aromatic carbocycles. The van der Waals surface area contributed by atoms with Crippen LogP contribution in [-0.2, 0) is 14.3 Å². The van der Waals surface area contributed by atoms with Crippen LogP contribution in [0.25, 0.3) is 0 Å². The molecule has 1 atom stereocenters. The molecule has 0 saturated carbocycles. The predicted octanol–water partition coefficient (Wildman–Crippen LogP) is 1.87. The number of methoxy groups -OCH3 is 2. The quantitative estimate of drug-likeness (QED) is 0.716. The highest BCUT2D eigenvalue weighted by atomic mass is 16.5. The molecule has 2 aliphatic heterocycles. The van der Waals surface area contributed by atoms with Crippen molar-refractivity contribution in [2.45, 2.75) is 33.1 Å². The monoisotopic (exact) mass is 326 g/mol. The minimum absolute atomic E-state index is 0.318. The molecule has 2 heterocycles. The van der Waals surface area contributed by atoms with E-state index in [1.165, 1.54) is 0 Å². The number of hydrogen-bond donors (Lipinski definition) is 0. The lowest BCUT2D eigenvalue weighted by molar-refractivity contribution is -0.134. The van der Waals surface area contributed by atoms with Crippen molar-refractivity contribution in [2.24, 2.45) is 17.3 Å². The summed E-state index contributed by atoms with van der Waals surface area (Å²) in [4.78, 5) is 16.9. The van der Waals surface area contributed by atoms with Gasteiger partial charge in [-0.3, -0.25) is 4.79 Å². The van der Waals surface area contributed by atoms with E-state index < -0.39 is 0 Å². The van der Waals surface area contributed by atoms with Gasteiger partial charge in [0.2, 0.25) is 5.91 Å². The molecule has 1 spiro atoms. The summed E-state index contributed by atoms with van der Waals surface area (Å²) in [5.74, 6) is 1.34. The SMILES string of the molecule is COCCN1CC(COC)C2(CCN(C(=O)CC(C)C)CC2)C1. The fourth-order valence-electron chi connectivity index (χ4n) is 4.21. The fourth-order valence-corrected chi connectivity index (χ4v) is 4.21. The zero-order valence-corrected chi connectivity index (χ0v) is 15.3. The Bertz CT molecular complexity index is 378. The number of nitrogens with zero attached hydrogens (tertiary/aromatic N) is 2. The van der Waals surface area contributed by atoms with Crippen LogP contribution in [0.15, 0.2) is 0 Å². The third kappa shape index (κ3) is 4.68. The van der Waals surface area contributed by atoms with Crippen LogP contribution in [0, 0.1) is 17.3 Å². The van der Waals surface area contributed by atoms with Gasteiger partial charge in [0.1, 0.15) is 0 Å². The van der Waals surface area contributed by atoms with Crippen LogP contribution in [0.4, 0.5) is 0 Å². The van der Waals surface area contributed by atoms with E-state index in [9.17, 15) is 4.79 Å². The van der Waals surface area contributed by atoms with E-state index in [1.807, 2.05) is 0 Å². The molecule has 2 rings (SSSR count). The molecule has 2 fully saturated rings. The van der Waals surface area contributed by atoms with Crippen molar-refractivity contribution in [3.63, 3.8) is 0 Å². The Morgan fingerprint density at radius 3 is 2.48 bits per heavy atom. The van der Waals surface area contributed by atoms with Crippen molar-refractivity contribution in [2.75, 3.05) is 60.2 Å². The summed E-state index contributed by atoms with van der Waals surface area (Å²) in [7, 11) is 3.56. The van der Waals surface area contributed by atoms with Gasteiger partial charge < -0.3 is 19.3 Å². The normalized spacial score (nSPS) is 24.7. The zero-order chi connectivity index (χ0) is 16.9. The molecule has 134 valence electrons. The van der Waals surface area contributed by atoms with Crippen LogP contribution in [0.2, 0.25) is 0 Å². The average Bonchev–Trinajstić information content (AvgIpc) is 2.83. The Hall–Kier alpha value is -0.650. The smallest absolute Gasteiger partial charge is 0.222 e. The Morgan fingerprint density at radius 1 is 1.22 bits per heavy atom. The first-order valence-electron chi connectivity index (χ1n) is 8.99. The van der Waals surface area contributed by atoms with E-state index in [0.29, 0.717) is 29.6 Å². The number of piperidine rings is 1. The molecule has 0 aromatic heterocycles. The number of carbonyl (C=O) groups is 1. The predicted molar refractivity (Wildman–Crippen MR) is 91.4 cm³/mol. The largest absolute Gasteiger partial charge is 0.384 e. The molecule has 5 nitrogen and oxygen atoms in total. The van der Waals surface area contributed by atoms with E-state index in [-0.39, 0.29) is 0 Å². The average molecular weight is 326 g/mol. The molecule has 0 radical (unpaired) electrons. The minimum atomic E-state index is 0.318. The van der Waals surface area contributed by atoms with E-state index in [2.05, 4.69) is 23.6 Å². The van der Waals surface area contributed by atoms with Gasteiger partial charge in [-0.15, -0.1) is 0 Å². The molecule has 1 amide bonds. The summed E-state index contributed by atoms with van der Waals surface area (Å²) in [5, 5.41) is 0. The summed E-state index contributed by atoms with van der Waals surface area (Å²) >= 11 is 0. The van der Waals surface area contributed by atoms with Gasteiger partial charge >= 0.3 is 0 Å². The highest BCUT2D eigenvalue weighted by molar-refractivity contribution is 5.76. The number of likely N-dealkylation sites (tertiary alicyclic amines) is 2. The summed E-state index contributed by atoms with van der Waals surface area (Å²) in [6.45, 7) is 10.9. The fraction of sp³-hybridized carbons (Fsp3) is 0.944. The highest BCUT2D eigenvalue weighted by Crippen LogP contribution is 2.44. The van der Waals surface area contributed by atoms with Gasteiger partial charge in [0, 0.05) is 59.3 Å². The number of amides is 1. The molecule has 2 saturated heterocycles. The second kappa shape index (κ2) is 8.45. The first-order valence-corrected chi connectivity index (χ1v) is 8.99. The molecule has 0 aliphatic carbocycles. The first kappa shape index (κ1) is 18.7. The van der Waals surface area contributed by atoms with Gasteiger partial charge in [-0.2, -0.15) is 0 Å². The van der Waals surface area contributed by atoms with Crippen LogP contribution in [-0.4, -0.2) is 75.9 Å². The van der Waals surface area contributed by atoms with Crippen molar-refractivity contribution >= 4 is 5.91 Å². The van der Waals surface area contributed by atoms with E-state index in [0.717, 1.165) is 58.8 Å². The number of hydrogen-bond acceptors (Lipinski definition) is 4. The van der Waals surface area contributed by atoms with Crippen molar-refractivity contribution in [3.8, 4) is 0 Å². The molecular formula is C18H34N2O3. The lowest BCUT2D eigenvalue weighted by Crippen LogP contribution is -2.47. The van der Waals surface area contributed by atoms with E-state index in [1.54, 1.807) is 14.2 Å². The molecule has 5 heteroatoms. The summed E-state index contributed by atoms with van der Waals surface area (Å²) in [6.07, 6.45) is 2.89. The van der Waals surface area contributed by atoms with Crippen LogP contribution >= 0.6 is 0 Å².